The van der Waals surface area contributed by atoms with Gasteiger partial charge in [-0.05, 0) is 132 Å². The monoisotopic (exact) mass is 1230 g/mol. The van der Waals surface area contributed by atoms with Gasteiger partial charge in [0.15, 0.2) is 0 Å². The number of imide groups is 2. The van der Waals surface area contributed by atoms with E-state index < -0.39 is 57.6 Å². The van der Waals surface area contributed by atoms with Crippen LogP contribution in [-0.4, -0.2) is 185 Å². The minimum Gasteiger partial charge on any atom is -0.323 e. The summed E-state index contributed by atoms with van der Waals surface area (Å²) in [6.07, 6.45) is 12.2. The SMILES string of the molecule is C.C.C.C.C.CN(C)C1CCCC(CN2C(=O)c3ccccc3C2=O)C1(F)F.CN(C)C1CCCC(CNS(C)(=O)=O)C1(F)F.CN(C)C1CCCCC1=O.CNC.O=C1CCCCC1Br.O=C1c2ccccc2C(=O)N1CCl. The molecule has 6 aliphatic rings. The van der Waals surface area contributed by atoms with Crippen LogP contribution in [0.2, 0.25) is 0 Å². The molecule has 6 atom stereocenters. The second-order valence-electron chi connectivity index (χ2n) is 20.0. The second kappa shape index (κ2) is 36.7. The first-order valence-corrected chi connectivity index (χ1v) is 28.5. The molecular weight excluding hydrogens is 1130 g/mol. The van der Waals surface area contributed by atoms with Crippen LogP contribution in [0, 0.1) is 11.8 Å². The number of fused-ring (bicyclic) bond motifs is 2. The Kier molecular flexibility index (Phi) is 36.9. The summed E-state index contributed by atoms with van der Waals surface area (Å²) in [7, 11) is 10.8. The van der Waals surface area contributed by atoms with Crippen molar-refractivity contribution in [2.75, 3.05) is 81.7 Å². The zero-order valence-electron chi connectivity index (χ0n) is 44.3. The van der Waals surface area contributed by atoms with E-state index in [4.69, 9.17) is 11.6 Å². The van der Waals surface area contributed by atoms with Gasteiger partial charge in [0, 0.05) is 37.8 Å². The molecule has 22 heteroatoms. The second-order valence-corrected chi connectivity index (χ2v) is 23.2. The third-order valence-corrected chi connectivity index (χ3v) is 15.7. The van der Waals surface area contributed by atoms with Gasteiger partial charge in [0.05, 0.1) is 51.5 Å². The fourth-order valence-electron chi connectivity index (χ4n) is 9.76. The van der Waals surface area contributed by atoms with Gasteiger partial charge in [-0.25, -0.2) is 30.7 Å². The molecule has 456 valence electrons. The van der Waals surface area contributed by atoms with Gasteiger partial charge in [-0.2, -0.15) is 0 Å². The molecule has 0 spiro atoms. The number of ketones is 2. The van der Waals surface area contributed by atoms with Crippen molar-refractivity contribution < 1.29 is 54.7 Å². The number of nitrogens with one attached hydrogen (secondary N) is 2. The lowest BCUT2D eigenvalue weighted by molar-refractivity contribution is -0.139. The highest BCUT2D eigenvalue weighted by Crippen LogP contribution is 2.42. The highest BCUT2D eigenvalue weighted by atomic mass is 79.9. The van der Waals surface area contributed by atoms with Crippen LogP contribution in [0.1, 0.15) is 168 Å². The highest BCUT2D eigenvalue weighted by molar-refractivity contribution is 9.10. The van der Waals surface area contributed by atoms with Crippen molar-refractivity contribution in [1.82, 2.24) is 34.5 Å². The number of alkyl halides is 6. The summed E-state index contributed by atoms with van der Waals surface area (Å²) < 4.78 is 81.7. The van der Waals surface area contributed by atoms with Crippen molar-refractivity contribution >= 4 is 72.7 Å². The van der Waals surface area contributed by atoms with Crippen molar-refractivity contribution in [3.05, 3.63) is 70.8 Å². The van der Waals surface area contributed by atoms with E-state index in [1.54, 1.807) is 76.7 Å². The van der Waals surface area contributed by atoms with Crippen LogP contribution in [-0.2, 0) is 19.6 Å². The summed E-state index contributed by atoms with van der Waals surface area (Å²) in [4.78, 5) is 76.8. The summed E-state index contributed by atoms with van der Waals surface area (Å²) in [5.74, 6) is -8.42. The van der Waals surface area contributed by atoms with Crippen molar-refractivity contribution in [2.24, 2.45) is 11.8 Å². The van der Waals surface area contributed by atoms with Crippen LogP contribution in [0.3, 0.4) is 0 Å². The van der Waals surface area contributed by atoms with Gasteiger partial charge in [-0.3, -0.25) is 43.5 Å². The fraction of sp³-hybridized carbons (Fsp3) is 0.684. The number of rotatable bonds is 9. The molecule has 0 aromatic heterocycles. The van der Waals surface area contributed by atoms with E-state index in [0.717, 1.165) is 54.6 Å². The number of benzene rings is 2. The summed E-state index contributed by atoms with van der Waals surface area (Å²) in [5, 5.41) is 2.75. The van der Waals surface area contributed by atoms with Gasteiger partial charge < -0.3 is 15.1 Å². The molecule has 0 bridgehead atoms. The van der Waals surface area contributed by atoms with E-state index in [9.17, 15) is 54.7 Å². The number of sulfonamides is 1. The van der Waals surface area contributed by atoms with Crippen molar-refractivity contribution in [3.8, 4) is 0 Å². The largest absolute Gasteiger partial charge is 0.323 e. The van der Waals surface area contributed by atoms with E-state index >= 15 is 0 Å². The Balaban J connectivity index is -0.000000925. The summed E-state index contributed by atoms with van der Waals surface area (Å²) >= 11 is 8.78. The average molecular weight is 1230 g/mol. The molecular formula is C57H97BrClF4N7O8S. The fourth-order valence-corrected chi connectivity index (χ4v) is 11.0. The summed E-state index contributed by atoms with van der Waals surface area (Å²) in [6, 6.07) is 11.7. The van der Waals surface area contributed by atoms with Crippen molar-refractivity contribution in [3.63, 3.8) is 0 Å². The number of likely N-dealkylation sites (N-methyl/N-ethyl adjacent to an activating group) is 1. The first-order valence-electron chi connectivity index (χ1n) is 25.1. The number of hydrogen-bond donors (Lipinski definition) is 2. The van der Waals surface area contributed by atoms with Gasteiger partial charge in [0.25, 0.3) is 35.5 Å². The zero-order valence-corrected chi connectivity index (χ0v) is 47.4. The number of amides is 4. The molecule has 0 radical (unpaired) electrons. The van der Waals surface area contributed by atoms with Gasteiger partial charge in [0.1, 0.15) is 17.6 Å². The number of halogens is 6. The van der Waals surface area contributed by atoms with Gasteiger partial charge in [0.2, 0.25) is 10.0 Å². The van der Waals surface area contributed by atoms with Crippen LogP contribution < -0.4 is 10.0 Å². The predicted molar refractivity (Wildman–Crippen MR) is 318 cm³/mol. The Morgan fingerprint density at radius 2 is 0.937 bits per heavy atom. The van der Waals surface area contributed by atoms with Gasteiger partial charge in [-0.15, -0.1) is 11.6 Å². The van der Waals surface area contributed by atoms with Gasteiger partial charge in [-0.1, -0.05) is 103 Å². The van der Waals surface area contributed by atoms with Crippen molar-refractivity contribution in [1.29, 1.82) is 0 Å². The maximum Gasteiger partial charge on any atom is 0.267 e. The van der Waals surface area contributed by atoms with E-state index in [-0.39, 0.29) is 78.9 Å². The molecule has 15 nitrogen and oxygen atoms in total. The molecule has 4 amide bonds. The maximum absolute atomic E-state index is 14.7. The third kappa shape index (κ3) is 22.2. The van der Waals surface area contributed by atoms with Crippen molar-refractivity contribution in [2.45, 2.75) is 162 Å². The minimum absolute atomic E-state index is 0. The van der Waals surface area contributed by atoms with Crippen LogP contribution in [0.5, 0.6) is 0 Å². The number of nitrogens with zero attached hydrogens (tertiary/aromatic N) is 5. The van der Waals surface area contributed by atoms with Crippen LogP contribution in [0.4, 0.5) is 17.6 Å². The van der Waals surface area contributed by atoms with Gasteiger partial charge >= 0.3 is 0 Å². The number of carbonyl (C=O) groups is 6. The van der Waals surface area contributed by atoms with E-state index in [0.29, 0.717) is 72.3 Å². The molecule has 2 aromatic rings. The molecule has 4 saturated carbocycles. The summed E-state index contributed by atoms with van der Waals surface area (Å²) in [5.41, 5.74) is 1.49. The Bertz CT molecular complexity index is 2260. The molecule has 2 aromatic carbocycles. The lowest BCUT2D eigenvalue weighted by atomic mass is 9.81. The van der Waals surface area contributed by atoms with E-state index in [1.807, 2.05) is 33.1 Å². The topological polar surface area (TPSA) is 177 Å². The molecule has 2 heterocycles. The Hall–Kier alpha value is -3.70. The van der Waals surface area contributed by atoms with Crippen LogP contribution in [0.25, 0.3) is 0 Å². The lowest BCUT2D eigenvalue weighted by Gasteiger charge is -2.42. The maximum atomic E-state index is 14.7. The first-order chi connectivity index (χ1) is 34.7. The number of Topliss-reactive ketones (excluding diaryl/α,β-unsaturated/α-hetero) is 2. The molecule has 8 rings (SSSR count). The Morgan fingerprint density at radius 1 is 0.570 bits per heavy atom. The highest BCUT2D eigenvalue weighted by Gasteiger charge is 2.53. The smallest absolute Gasteiger partial charge is 0.267 e. The number of carbonyl (C=O) groups excluding carboxylic acids is 6. The molecule has 6 unspecified atom stereocenters. The normalized spacial score (nSPS) is 23.4. The molecule has 0 saturated heterocycles. The molecule has 79 heavy (non-hydrogen) atoms. The molecule has 2 aliphatic heterocycles. The van der Waals surface area contributed by atoms with Crippen LogP contribution >= 0.6 is 27.5 Å². The molecule has 4 fully saturated rings. The minimum atomic E-state index is -3.41. The average Bonchev–Trinajstić information content (AvgIpc) is 3.73. The van der Waals surface area contributed by atoms with E-state index in [1.165, 1.54) is 22.6 Å². The zero-order chi connectivity index (χ0) is 55.7. The predicted octanol–water partition coefficient (Wildman–Crippen LogP) is 11.0. The standard InChI is InChI=1S/C17H20F2N2O2.C10H20F2N2O2S.C9H6ClNO2.C8H15NO.C6H9BrO.C2H7N.5CH4/c1-20(2)14-9-5-6-11(17(14,18)19)10-21-15(22)12-7-3-4-8-13(12)16(21)23;1-14(2)9-6-4-5-8(10(9,11)12)7-13-17(3,15)16;10-5-11-8(12)6-3-1-2-4-7(6)9(11)13;1-9(2)7-5-3-4-6-8(7)10;7-5-3-1-2-4-6(5)8;1-3-2;;;;;/h3-4,7-8,11,14H,5-6,9-10H2,1-2H3;8-9,13H,4-7H2,1-3H3;1-4H,5H2;7H,3-6H2,1-2H3;5H,1-4H2;3H,1-2H3;5*1H4. The quantitative estimate of drug-likeness (QED) is 0.105. The Labute approximate surface area is 485 Å². The van der Waals surface area contributed by atoms with E-state index in [2.05, 4.69) is 26.0 Å². The molecule has 4 aliphatic carbocycles. The Morgan fingerprint density at radius 3 is 1.25 bits per heavy atom. The lowest BCUT2D eigenvalue weighted by Crippen LogP contribution is -2.54. The summed E-state index contributed by atoms with van der Waals surface area (Å²) in [6.45, 7) is -0.403. The third-order valence-electron chi connectivity index (χ3n) is 13.8. The first kappa shape index (κ1) is 79.5. The van der Waals surface area contributed by atoms with Crippen LogP contribution in [0.15, 0.2) is 48.5 Å². The molecule has 2 N–H and O–H groups in total. The number of hydrogen-bond acceptors (Lipinski definition) is 12.